The van der Waals surface area contributed by atoms with E-state index < -0.39 is 5.97 Å². The number of thiocarbonyl (C=S) groups is 1. The van der Waals surface area contributed by atoms with Gasteiger partial charge in [0.25, 0.3) is 0 Å². The molecule has 0 unspecified atom stereocenters. The number of carboxylic acids is 1. The monoisotopic (exact) mass is 486 g/mol. The molecule has 2 N–H and O–H groups in total. The van der Waals surface area contributed by atoms with Gasteiger partial charge >= 0.3 is 5.97 Å². The minimum atomic E-state index is -0.988. The van der Waals surface area contributed by atoms with E-state index in [1.807, 2.05) is 47.6 Å². The van der Waals surface area contributed by atoms with Crippen molar-refractivity contribution in [2.45, 2.75) is 25.9 Å². The Bertz CT molecular complexity index is 1420. The molecule has 1 aliphatic rings. The first-order valence-electron chi connectivity index (χ1n) is 11.1. The highest BCUT2D eigenvalue weighted by atomic mass is 32.1. The molecule has 1 fully saturated rings. The minimum absolute atomic E-state index is 0.220. The van der Waals surface area contributed by atoms with Crippen LogP contribution in [-0.4, -0.2) is 25.7 Å². The van der Waals surface area contributed by atoms with Crippen LogP contribution < -0.4 is 10.2 Å². The minimum Gasteiger partial charge on any atom is -0.478 e. The molecule has 1 saturated heterocycles. The summed E-state index contributed by atoms with van der Waals surface area (Å²) in [6, 6.07) is 20.4. The number of aryl methyl sites for hydroxylation is 1. The van der Waals surface area contributed by atoms with Crippen LogP contribution in [-0.2, 0) is 0 Å². The first-order valence-corrected chi connectivity index (χ1v) is 11.6. The molecule has 2 aromatic carbocycles. The van der Waals surface area contributed by atoms with Gasteiger partial charge in [-0.3, -0.25) is 4.98 Å². The largest absolute Gasteiger partial charge is 0.478 e. The number of hydrogen-bond donors (Lipinski definition) is 2. The third-order valence-electron chi connectivity index (χ3n) is 6.37. The van der Waals surface area contributed by atoms with Crippen LogP contribution in [0.5, 0.6) is 0 Å². The molecule has 4 aromatic rings. The van der Waals surface area contributed by atoms with Crippen molar-refractivity contribution in [3.63, 3.8) is 0 Å². The molecule has 3 heterocycles. The maximum absolute atomic E-state index is 13.7. The van der Waals surface area contributed by atoms with Crippen molar-refractivity contribution in [3.8, 4) is 5.69 Å². The number of rotatable bonds is 5. The highest BCUT2D eigenvalue weighted by Gasteiger charge is 2.42. The van der Waals surface area contributed by atoms with E-state index in [0.717, 1.165) is 28.3 Å². The molecule has 0 amide bonds. The van der Waals surface area contributed by atoms with Gasteiger partial charge in [0, 0.05) is 23.3 Å². The number of nitrogens with one attached hydrogen (secondary N) is 1. The van der Waals surface area contributed by atoms with E-state index in [2.05, 4.69) is 16.4 Å². The fourth-order valence-electron chi connectivity index (χ4n) is 4.86. The van der Waals surface area contributed by atoms with Gasteiger partial charge in [0.1, 0.15) is 5.82 Å². The van der Waals surface area contributed by atoms with Gasteiger partial charge in [0.05, 0.1) is 29.0 Å². The van der Waals surface area contributed by atoms with Crippen LogP contribution in [0.2, 0.25) is 0 Å². The van der Waals surface area contributed by atoms with Crippen molar-refractivity contribution in [2.75, 3.05) is 4.90 Å². The number of aromatic carboxylic acids is 1. The first-order chi connectivity index (χ1) is 16.9. The Morgan fingerprint density at radius 1 is 1.06 bits per heavy atom. The maximum Gasteiger partial charge on any atom is 0.337 e. The van der Waals surface area contributed by atoms with E-state index in [1.54, 1.807) is 36.5 Å². The van der Waals surface area contributed by atoms with Gasteiger partial charge in [-0.05, 0) is 86.2 Å². The molecule has 0 saturated carbocycles. The molecule has 0 bridgehead atoms. The lowest BCUT2D eigenvalue weighted by molar-refractivity contribution is 0.0697. The summed E-state index contributed by atoms with van der Waals surface area (Å²) in [5, 5.41) is 13.7. The molecular formula is C27H23FN4O2S. The fraction of sp³-hybridized carbons (Fsp3) is 0.148. The summed E-state index contributed by atoms with van der Waals surface area (Å²) in [7, 11) is 0. The number of para-hydroxylation sites is 1. The fourth-order valence-corrected chi connectivity index (χ4v) is 5.20. The number of anilines is 1. The van der Waals surface area contributed by atoms with Crippen molar-refractivity contribution < 1.29 is 14.3 Å². The van der Waals surface area contributed by atoms with Gasteiger partial charge in [0.2, 0.25) is 0 Å². The molecule has 0 radical (unpaired) electrons. The summed E-state index contributed by atoms with van der Waals surface area (Å²) >= 11 is 5.75. The second kappa shape index (κ2) is 8.96. The third kappa shape index (κ3) is 3.95. The summed E-state index contributed by atoms with van der Waals surface area (Å²) in [4.78, 5) is 18.5. The number of carbonyl (C=O) groups is 1. The lowest BCUT2D eigenvalue weighted by Crippen LogP contribution is -2.29. The number of carboxylic acid groups (broad SMARTS) is 1. The molecule has 0 aliphatic carbocycles. The molecule has 2 aromatic heterocycles. The SMILES string of the molecule is Cc1cc([C@@H]2[C@H](c3ccccn3)NC(=S)N2c2ccc(F)cc2)c(C)n1-c1ccccc1C(=O)O. The van der Waals surface area contributed by atoms with Crippen LogP contribution in [0, 0.1) is 19.7 Å². The average Bonchev–Trinajstić information content (AvgIpc) is 3.35. The molecule has 35 heavy (non-hydrogen) atoms. The quantitative estimate of drug-likeness (QED) is 0.363. The highest BCUT2D eigenvalue weighted by molar-refractivity contribution is 7.80. The van der Waals surface area contributed by atoms with Gasteiger partial charge in [-0.2, -0.15) is 0 Å². The normalized spacial score (nSPS) is 17.5. The molecule has 1 aliphatic heterocycles. The number of nitrogens with zero attached hydrogens (tertiary/aromatic N) is 3. The zero-order chi connectivity index (χ0) is 24.7. The Morgan fingerprint density at radius 3 is 2.46 bits per heavy atom. The van der Waals surface area contributed by atoms with Crippen molar-refractivity contribution >= 4 is 29.0 Å². The lowest BCUT2D eigenvalue weighted by Gasteiger charge is -2.28. The summed E-state index contributed by atoms with van der Waals surface area (Å²) in [5.41, 5.74) is 5.14. The summed E-state index contributed by atoms with van der Waals surface area (Å²) < 4.78 is 15.7. The number of hydrogen-bond acceptors (Lipinski definition) is 3. The van der Waals surface area contributed by atoms with Crippen LogP contribution >= 0.6 is 12.2 Å². The molecule has 2 atom stereocenters. The smallest absolute Gasteiger partial charge is 0.337 e. The molecule has 0 spiro atoms. The molecular weight excluding hydrogens is 463 g/mol. The Morgan fingerprint density at radius 2 is 1.77 bits per heavy atom. The zero-order valence-corrected chi connectivity index (χ0v) is 20.0. The average molecular weight is 487 g/mol. The molecule has 176 valence electrons. The number of aromatic nitrogens is 2. The van der Waals surface area contributed by atoms with Crippen LogP contribution in [0.1, 0.15) is 45.1 Å². The van der Waals surface area contributed by atoms with E-state index in [9.17, 15) is 14.3 Å². The van der Waals surface area contributed by atoms with Gasteiger partial charge in [0.15, 0.2) is 5.11 Å². The van der Waals surface area contributed by atoms with Gasteiger partial charge < -0.3 is 19.9 Å². The number of benzene rings is 2. The van der Waals surface area contributed by atoms with E-state index >= 15 is 0 Å². The van der Waals surface area contributed by atoms with Gasteiger partial charge in [-0.15, -0.1) is 0 Å². The Kier molecular flexibility index (Phi) is 5.82. The summed E-state index contributed by atoms with van der Waals surface area (Å²) in [6.07, 6.45) is 1.74. The maximum atomic E-state index is 13.7. The van der Waals surface area contributed by atoms with E-state index in [0.29, 0.717) is 10.8 Å². The topological polar surface area (TPSA) is 70.4 Å². The van der Waals surface area contributed by atoms with E-state index in [-0.39, 0.29) is 23.5 Å². The second-order valence-corrected chi connectivity index (χ2v) is 8.84. The Balaban J connectivity index is 1.70. The van der Waals surface area contributed by atoms with Crippen LogP contribution in [0.4, 0.5) is 10.1 Å². The number of halogens is 1. The predicted octanol–water partition coefficient (Wildman–Crippen LogP) is 5.50. The highest BCUT2D eigenvalue weighted by Crippen LogP contribution is 2.43. The standard InChI is InChI=1S/C27H23FN4O2S/c1-16-15-21(17(2)31(16)23-9-4-3-7-20(23)26(33)34)25-24(22-8-5-6-14-29-22)30-27(35)32(25)19-12-10-18(28)11-13-19/h3-15,24-25H,1-2H3,(H,30,35)(H,33,34)/t24-,25+/m0/s1. The van der Waals surface area contributed by atoms with Gasteiger partial charge in [-0.25, -0.2) is 9.18 Å². The Hall–Kier alpha value is -4.04. The summed E-state index contributed by atoms with van der Waals surface area (Å²) in [5.74, 6) is -1.31. The molecule has 8 heteroatoms. The van der Waals surface area contributed by atoms with Gasteiger partial charge in [-0.1, -0.05) is 18.2 Å². The summed E-state index contributed by atoms with van der Waals surface area (Å²) in [6.45, 7) is 3.93. The second-order valence-electron chi connectivity index (χ2n) is 8.46. The van der Waals surface area contributed by atoms with Crippen molar-refractivity contribution in [1.29, 1.82) is 0 Å². The lowest BCUT2D eigenvalue weighted by atomic mass is 9.96. The number of pyridine rings is 1. The van der Waals surface area contributed by atoms with Crippen molar-refractivity contribution in [2.24, 2.45) is 0 Å². The molecule has 6 nitrogen and oxygen atoms in total. The van der Waals surface area contributed by atoms with E-state index in [1.165, 1.54) is 12.1 Å². The zero-order valence-electron chi connectivity index (χ0n) is 19.1. The van der Waals surface area contributed by atoms with Crippen LogP contribution in [0.3, 0.4) is 0 Å². The first kappa shape index (κ1) is 22.7. The predicted molar refractivity (Wildman–Crippen MR) is 137 cm³/mol. The van der Waals surface area contributed by atoms with Crippen molar-refractivity contribution in [1.82, 2.24) is 14.9 Å². The van der Waals surface area contributed by atoms with Crippen LogP contribution in [0.15, 0.2) is 79.0 Å². The van der Waals surface area contributed by atoms with Crippen molar-refractivity contribution in [3.05, 3.63) is 113 Å². The van der Waals surface area contributed by atoms with E-state index in [4.69, 9.17) is 12.2 Å². The molecule has 5 rings (SSSR count). The third-order valence-corrected chi connectivity index (χ3v) is 6.68. The van der Waals surface area contributed by atoms with Crippen LogP contribution in [0.25, 0.3) is 5.69 Å². The Labute approximate surface area is 207 Å².